The van der Waals surface area contributed by atoms with Crippen molar-refractivity contribution < 1.29 is 23.8 Å². The van der Waals surface area contributed by atoms with Crippen molar-refractivity contribution in [2.75, 3.05) is 20.8 Å². The number of carbonyl (C=O) groups excluding carboxylic acids is 2. The number of alkyl halides is 1. The summed E-state index contributed by atoms with van der Waals surface area (Å²) >= 11 is 6.78. The van der Waals surface area contributed by atoms with E-state index in [9.17, 15) is 9.59 Å². The Labute approximate surface area is 164 Å². The highest BCUT2D eigenvalue weighted by atomic mass is 35.5. The zero-order valence-electron chi connectivity index (χ0n) is 15.8. The van der Waals surface area contributed by atoms with Gasteiger partial charge in [0.15, 0.2) is 23.9 Å². The smallest absolute Gasteiger partial charge is 0.312 e. The van der Waals surface area contributed by atoms with E-state index in [4.69, 9.17) is 25.8 Å². The molecule has 4 aliphatic rings. The monoisotopic (exact) mass is 392 g/mol. The predicted octanol–water partition coefficient (Wildman–Crippen LogP) is 4.01. The Morgan fingerprint density at radius 3 is 2.33 bits per heavy atom. The summed E-state index contributed by atoms with van der Waals surface area (Å²) in [5, 5.41) is 0. The van der Waals surface area contributed by atoms with E-state index in [-0.39, 0.29) is 23.2 Å². The summed E-state index contributed by atoms with van der Waals surface area (Å²) in [5.41, 5.74) is -0.0660. The highest BCUT2D eigenvalue weighted by Crippen LogP contribution is 2.64. The van der Waals surface area contributed by atoms with Crippen LogP contribution < -0.4 is 9.47 Å². The minimum Gasteiger partial charge on any atom is -0.493 e. The lowest BCUT2D eigenvalue weighted by atomic mass is 9.49. The summed E-state index contributed by atoms with van der Waals surface area (Å²) in [6.45, 7) is -0.263. The van der Waals surface area contributed by atoms with Gasteiger partial charge < -0.3 is 14.2 Å². The highest BCUT2D eigenvalue weighted by molar-refractivity contribution is 6.24. The molecule has 146 valence electrons. The van der Waals surface area contributed by atoms with Gasteiger partial charge in [-0.15, -0.1) is 11.6 Å². The summed E-state index contributed by atoms with van der Waals surface area (Å²) < 4.78 is 15.9. The molecule has 2 unspecified atom stereocenters. The Balaban J connectivity index is 1.43. The first-order valence-corrected chi connectivity index (χ1v) is 9.86. The Bertz CT molecular complexity index is 760. The molecule has 4 bridgehead atoms. The number of benzene rings is 1. The van der Waals surface area contributed by atoms with Crippen LogP contribution in [-0.4, -0.2) is 37.5 Å². The maximum atomic E-state index is 12.9. The highest BCUT2D eigenvalue weighted by Gasteiger charge is 2.60. The van der Waals surface area contributed by atoms with Crippen molar-refractivity contribution in [3.8, 4) is 11.5 Å². The van der Waals surface area contributed by atoms with Crippen molar-refractivity contribution in [1.29, 1.82) is 0 Å². The average Bonchev–Trinajstić information content (AvgIpc) is 2.63. The van der Waals surface area contributed by atoms with E-state index in [2.05, 4.69) is 0 Å². The van der Waals surface area contributed by atoms with Crippen molar-refractivity contribution >= 4 is 23.4 Å². The maximum Gasteiger partial charge on any atom is 0.312 e. The largest absolute Gasteiger partial charge is 0.493 e. The van der Waals surface area contributed by atoms with Gasteiger partial charge in [0.2, 0.25) is 0 Å². The van der Waals surface area contributed by atoms with Gasteiger partial charge in [-0.05, 0) is 68.6 Å². The van der Waals surface area contributed by atoms with Gasteiger partial charge in [-0.3, -0.25) is 9.59 Å². The van der Waals surface area contributed by atoms with Crippen LogP contribution in [0.15, 0.2) is 18.2 Å². The zero-order valence-corrected chi connectivity index (χ0v) is 16.5. The molecule has 0 aliphatic heterocycles. The number of methoxy groups -OCH3 is 2. The Morgan fingerprint density at radius 2 is 1.74 bits per heavy atom. The molecule has 0 N–H and O–H groups in total. The molecule has 6 heteroatoms. The molecule has 1 aromatic rings. The second-order valence-electron chi connectivity index (χ2n) is 8.46. The van der Waals surface area contributed by atoms with Crippen LogP contribution in [0.4, 0.5) is 0 Å². The van der Waals surface area contributed by atoms with Crippen molar-refractivity contribution in [2.45, 2.75) is 43.4 Å². The third kappa shape index (κ3) is 3.31. The van der Waals surface area contributed by atoms with Crippen LogP contribution in [0.3, 0.4) is 0 Å². The van der Waals surface area contributed by atoms with Crippen LogP contribution in [0.5, 0.6) is 11.5 Å². The first kappa shape index (κ1) is 18.6. The van der Waals surface area contributed by atoms with Crippen molar-refractivity contribution in [3.05, 3.63) is 23.8 Å². The van der Waals surface area contributed by atoms with Gasteiger partial charge in [0.25, 0.3) is 0 Å². The SMILES string of the molecule is COc1ccc(C(=O)COC(=O)C23CC4CC(CC(Cl)(C4)C2)C3)cc1OC. The van der Waals surface area contributed by atoms with E-state index in [1.807, 2.05) is 0 Å². The maximum absolute atomic E-state index is 12.9. The summed E-state index contributed by atoms with van der Waals surface area (Å²) in [4.78, 5) is 25.2. The average molecular weight is 393 g/mol. The zero-order chi connectivity index (χ0) is 19.2. The molecule has 0 saturated heterocycles. The number of Topliss-reactive ketones (excluding diaryl/α,β-unsaturated/α-hetero) is 1. The van der Waals surface area contributed by atoms with E-state index in [1.54, 1.807) is 18.2 Å². The quantitative estimate of drug-likeness (QED) is 0.416. The van der Waals surface area contributed by atoms with E-state index in [0.29, 0.717) is 35.3 Å². The standard InChI is InChI=1S/C21H25ClO5/c1-25-17-4-3-15(6-18(17)26-2)16(23)11-27-19(24)20-7-13-5-14(8-20)10-21(22,9-13)12-20/h3-4,6,13-14H,5,7-12H2,1-2H3. The first-order chi connectivity index (χ1) is 12.9. The van der Waals surface area contributed by atoms with E-state index < -0.39 is 5.41 Å². The third-order valence-corrected chi connectivity index (χ3v) is 6.90. The van der Waals surface area contributed by atoms with Crippen LogP contribution >= 0.6 is 11.6 Å². The topological polar surface area (TPSA) is 61.8 Å². The Kier molecular flexibility index (Phi) is 4.61. The lowest BCUT2D eigenvalue weighted by Gasteiger charge is -2.58. The summed E-state index contributed by atoms with van der Waals surface area (Å²) in [7, 11) is 3.05. The van der Waals surface area contributed by atoms with Crippen molar-refractivity contribution in [1.82, 2.24) is 0 Å². The van der Waals surface area contributed by atoms with Crippen LogP contribution in [-0.2, 0) is 9.53 Å². The fourth-order valence-electron chi connectivity index (χ4n) is 5.77. The molecule has 1 aromatic carbocycles. The molecule has 0 amide bonds. The molecule has 0 heterocycles. The second-order valence-corrected chi connectivity index (χ2v) is 9.26. The minimum atomic E-state index is -0.496. The van der Waals surface area contributed by atoms with Gasteiger partial charge in [-0.1, -0.05) is 0 Å². The fourth-order valence-corrected chi connectivity index (χ4v) is 6.46. The van der Waals surface area contributed by atoms with Crippen LogP contribution in [0.2, 0.25) is 0 Å². The molecule has 27 heavy (non-hydrogen) atoms. The Hall–Kier alpha value is -1.75. The molecule has 2 atom stereocenters. The molecule has 5 nitrogen and oxygen atoms in total. The van der Waals surface area contributed by atoms with Crippen molar-refractivity contribution in [2.24, 2.45) is 17.3 Å². The number of hydrogen-bond donors (Lipinski definition) is 0. The second kappa shape index (κ2) is 6.69. The molecular formula is C21H25ClO5. The van der Waals surface area contributed by atoms with Gasteiger partial charge in [0.05, 0.1) is 19.6 Å². The molecule has 0 aromatic heterocycles. The number of hydrogen-bond acceptors (Lipinski definition) is 5. The summed E-state index contributed by atoms with van der Waals surface area (Å²) in [6.07, 6.45) is 5.56. The van der Waals surface area contributed by atoms with E-state index >= 15 is 0 Å². The molecule has 4 saturated carbocycles. The molecule has 5 rings (SSSR count). The first-order valence-electron chi connectivity index (χ1n) is 9.48. The summed E-state index contributed by atoms with van der Waals surface area (Å²) in [5.74, 6) is 1.53. The third-order valence-electron chi connectivity index (χ3n) is 6.46. The lowest BCUT2D eigenvalue weighted by Crippen LogP contribution is -2.56. The van der Waals surface area contributed by atoms with E-state index in [0.717, 1.165) is 25.7 Å². The Morgan fingerprint density at radius 1 is 1.07 bits per heavy atom. The van der Waals surface area contributed by atoms with Crippen LogP contribution in [0.1, 0.15) is 48.9 Å². The van der Waals surface area contributed by atoms with Gasteiger partial charge >= 0.3 is 5.97 Å². The number of esters is 1. The predicted molar refractivity (Wildman–Crippen MR) is 101 cm³/mol. The van der Waals surface area contributed by atoms with E-state index in [1.165, 1.54) is 20.6 Å². The lowest BCUT2D eigenvalue weighted by molar-refractivity contribution is -0.168. The van der Waals surface area contributed by atoms with Gasteiger partial charge in [-0.25, -0.2) is 0 Å². The molecule has 4 aliphatic carbocycles. The van der Waals surface area contributed by atoms with Crippen LogP contribution in [0, 0.1) is 17.3 Å². The van der Waals surface area contributed by atoms with Gasteiger partial charge in [0.1, 0.15) is 0 Å². The molecule has 4 fully saturated rings. The number of rotatable bonds is 6. The number of ketones is 1. The van der Waals surface area contributed by atoms with Gasteiger partial charge in [0, 0.05) is 10.4 Å². The minimum absolute atomic E-state index is 0.254. The number of carbonyl (C=O) groups is 2. The normalized spacial score (nSPS) is 33.6. The van der Waals surface area contributed by atoms with Gasteiger partial charge in [-0.2, -0.15) is 0 Å². The molecule has 0 radical (unpaired) electrons. The van der Waals surface area contributed by atoms with Crippen LogP contribution in [0.25, 0.3) is 0 Å². The fraction of sp³-hybridized carbons (Fsp3) is 0.619. The number of halogens is 1. The summed E-state index contributed by atoms with van der Waals surface area (Å²) in [6, 6.07) is 4.92. The van der Waals surface area contributed by atoms with Crippen molar-refractivity contribution in [3.63, 3.8) is 0 Å². The molecular weight excluding hydrogens is 368 g/mol. The number of ether oxygens (including phenoxy) is 3. The molecule has 0 spiro atoms.